The van der Waals surface area contributed by atoms with Crippen molar-refractivity contribution in [3.8, 4) is 0 Å². The molecule has 0 unspecified atom stereocenters. The molecular weight excluding hydrogens is 236 g/mol. The van der Waals surface area contributed by atoms with Gasteiger partial charge in [-0.05, 0) is 46.2 Å². The summed E-state index contributed by atoms with van der Waals surface area (Å²) in [4.78, 5) is 2.44. The summed E-state index contributed by atoms with van der Waals surface area (Å²) in [5, 5.41) is 0. The molecule has 0 atom stereocenters. The molecule has 0 aromatic heterocycles. The van der Waals surface area contributed by atoms with Crippen LogP contribution in [-0.2, 0) is 11.3 Å². The average molecular weight is 262 g/mol. The second-order valence-corrected chi connectivity index (χ2v) is 6.97. The number of morpholine rings is 1. The molecule has 0 bridgehead atoms. The van der Waals surface area contributed by atoms with Crippen molar-refractivity contribution in [3.63, 3.8) is 0 Å². The minimum Gasteiger partial charge on any atom is -0.398 e. The summed E-state index contributed by atoms with van der Waals surface area (Å²) in [5.74, 6) is 0. The van der Waals surface area contributed by atoms with Gasteiger partial charge in [-0.15, -0.1) is 0 Å². The Labute approximate surface area is 116 Å². The Balaban J connectivity index is 2.16. The second-order valence-electron chi connectivity index (χ2n) is 6.97. The predicted molar refractivity (Wildman–Crippen MR) is 80.1 cm³/mol. The number of hydrogen-bond acceptors (Lipinski definition) is 3. The molecule has 0 aliphatic carbocycles. The number of hydrogen-bond donors (Lipinski definition) is 1. The summed E-state index contributed by atoms with van der Waals surface area (Å²) in [6, 6.07) is 6.25. The van der Waals surface area contributed by atoms with E-state index < -0.39 is 0 Å². The van der Waals surface area contributed by atoms with Gasteiger partial charge in [0.25, 0.3) is 0 Å². The quantitative estimate of drug-likeness (QED) is 0.833. The van der Waals surface area contributed by atoms with E-state index in [1.165, 1.54) is 11.1 Å². The third kappa shape index (κ3) is 3.71. The molecule has 0 radical (unpaired) electrons. The van der Waals surface area contributed by atoms with E-state index in [2.05, 4.69) is 51.7 Å². The van der Waals surface area contributed by atoms with E-state index in [1.807, 2.05) is 6.07 Å². The van der Waals surface area contributed by atoms with Crippen LogP contribution in [0.1, 0.15) is 38.8 Å². The molecule has 1 aromatic rings. The van der Waals surface area contributed by atoms with Crippen LogP contribution in [0.3, 0.4) is 0 Å². The van der Waals surface area contributed by atoms with E-state index in [1.54, 1.807) is 0 Å². The number of ether oxygens (including phenoxy) is 1. The number of nitrogens with two attached hydrogens (primary N) is 1. The molecule has 2 N–H and O–H groups in total. The third-order valence-electron chi connectivity index (χ3n) is 3.45. The molecule has 1 aliphatic heterocycles. The van der Waals surface area contributed by atoms with Gasteiger partial charge in [-0.25, -0.2) is 0 Å². The minimum atomic E-state index is -0.111. The van der Waals surface area contributed by atoms with E-state index in [0.717, 1.165) is 25.3 Å². The Bertz CT molecular complexity index is 450. The lowest BCUT2D eigenvalue weighted by Crippen LogP contribution is -2.56. The number of benzene rings is 1. The first-order valence-corrected chi connectivity index (χ1v) is 6.94. The lowest BCUT2D eigenvalue weighted by atomic mass is 9.98. The summed E-state index contributed by atoms with van der Waals surface area (Å²) in [5.41, 5.74) is 9.22. The summed E-state index contributed by atoms with van der Waals surface area (Å²) in [6.07, 6.45) is 0. The standard InChI is InChI=1S/C16H26N2O/c1-12-6-7-14(17)13(8-12)9-18-10-15(2,3)19-16(4,5)11-18/h6-8H,9-11,17H2,1-5H3. The zero-order chi connectivity index (χ0) is 14.3. The Kier molecular flexibility index (Phi) is 3.63. The van der Waals surface area contributed by atoms with Crippen LogP contribution in [0.5, 0.6) is 0 Å². The van der Waals surface area contributed by atoms with Crippen LogP contribution < -0.4 is 5.73 Å². The molecule has 1 aliphatic rings. The second kappa shape index (κ2) is 4.80. The molecule has 0 saturated carbocycles. The van der Waals surface area contributed by atoms with E-state index in [9.17, 15) is 0 Å². The van der Waals surface area contributed by atoms with Gasteiger partial charge in [-0.2, -0.15) is 0 Å². The molecule has 106 valence electrons. The van der Waals surface area contributed by atoms with Gasteiger partial charge in [0, 0.05) is 25.3 Å². The molecule has 0 amide bonds. The maximum atomic E-state index is 6.11. The number of rotatable bonds is 2. The van der Waals surface area contributed by atoms with Crippen molar-refractivity contribution in [1.82, 2.24) is 4.90 Å². The van der Waals surface area contributed by atoms with E-state index in [0.29, 0.717) is 0 Å². The van der Waals surface area contributed by atoms with Crippen molar-refractivity contribution in [2.45, 2.75) is 52.4 Å². The van der Waals surface area contributed by atoms with Gasteiger partial charge in [0.1, 0.15) is 0 Å². The van der Waals surface area contributed by atoms with Gasteiger partial charge in [0.2, 0.25) is 0 Å². The maximum absolute atomic E-state index is 6.11. The fourth-order valence-electron chi connectivity index (χ4n) is 3.17. The monoisotopic (exact) mass is 262 g/mol. The highest BCUT2D eigenvalue weighted by molar-refractivity contribution is 5.48. The topological polar surface area (TPSA) is 38.5 Å². The highest BCUT2D eigenvalue weighted by atomic mass is 16.5. The van der Waals surface area contributed by atoms with Gasteiger partial charge in [-0.1, -0.05) is 17.7 Å². The van der Waals surface area contributed by atoms with Crippen LogP contribution in [0.4, 0.5) is 5.69 Å². The highest BCUT2D eigenvalue weighted by Gasteiger charge is 2.37. The van der Waals surface area contributed by atoms with Crippen molar-refractivity contribution in [2.75, 3.05) is 18.8 Å². The van der Waals surface area contributed by atoms with Crippen LogP contribution in [0, 0.1) is 6.92 Å². The fourth-order valence-corrected chi connectivity index (χ4v) is 3.17. The van der Waals surface area contributed by atoms with Crippen molar-refractivity contribution in [3.05, 3.63) is 29.3 Å². The third-order valence-corrected chi connectivity index (χ3v) is 3.45. The first-order chi connectivity index (χ1) is 8.67. The van der Waals surface area contributed by atoms with Gasteiger partial charge >= 0.3 is 0 Å². The normalized spacial score (nSPS) is 22.4. The summed E-state index contributed by atoms with van der Waals surface area (Å²) in [7, 11) is 0. The lowest BCUT2D eigenvalue weighted by Gasteiger charge is -2.47. The smallest absolute Gasteiger partial charge is 0.0760 e. The van der Waals surface area contributed by atoms with Crippen LogP contribution in [0.15, 0.2) is 18.2 Å². The number of aryl methyl sites for hydroxylation is 1. The Morgan fingerprint density at radius 3 is 2.32 bits per heavy atom. The van der Waals surface area contributed by atoms with Crippen molar-refractivity contribution in [1.29, 1.82) is 0 Å². The number of nitrogens with zero attached hydrogens (tertiary/aromatic N) is 1. The SMILES string of the molecule is Cc1ccc(N)c(CN2CC(C)(C)OC(C)(C)C2)c1. The van der Waals surface area contributed by atoms with Crippen molar-refractivity contribution in [2.24, 2.45) is 0 Å². The number of nitrogen functional groups attached to an aromatic ring is 1. The Hall–Kier alpha value is -1.06. The van der Waals surface area contributed by atoms with Gasteiger partial charge in [0.05, 0.1) is 11.2 Å². The lowest BCUT2D eigenvalue weighted by molar-refractivity contribution is -0.182. The molecule has 3 heteroatoms. The summed E-state index contributed by atoms with van der Waals surface area (Å²) in [6.45, 7) is 13.5. The Morgan fingerprint density at radius 1 is 1.16 bits per heavy atom. The Morgan fingerprint density at radius 2 is 1.74 bits per heavy atom. The van der Waals surface area contributed by atoms with Gasteiger partial charge < -0.3 is 10.5 Å². The molecular formula is C16H26N2O. The molecule has 1 heterocycles. The predicted octanol–water partition coefficient (Wildman–Crippen LogP) is 2.97. The summed E-state index contributed by atoms with van der Waals surface area (Å²) >= 11 is 0. The molecule has 1 fully saturated rings. The van der Waals surface area contributed by atoms with E-state index in [4.69, 9.17) is 10.5 Å². The molecule has 2 rings (SSSR count). The highest BCUT2D eigenvalue weighted by Crippen LogP contribution is 2.29. The molecule has 1 saturated heterocycles. The first-order valence-electron chi connectivity index (χ1n) is 6.94. The molecule has 3 nitrogen and oxygen atoms in total. The van der Waals surface area contributed by atoms with Crippen molar-refractivity contribution >= 4 is 5.69 Å². The molecule has 1 aromatic carbocycles. The molecule has 19 heavy (non-hydrogen) atoms. The average Bonchev–Trinajstić information content (AvgIpc) is 2.18. The van der Waals surface area contributed by atoms with E-state index in [-0.39, 0.29) is 11.2 Å². The zero-order valence-electron chi connectivity index (χ0n) is 12.8. The zero-order valence-corrected chi connectivity index (χ0v) is 12.8. The van der Waals surface area contributed by atoms with Crippen LogP contribution in [0.25, 0.3) is 0 Å². The number of anilines is 1. The van der Waals surface area contributed by atoms with Crippen LogP contribution in [-0.4, -0.2) is 29.2 Å². The fraction of sp³-hybridized carbons (Fsp3) is 0.625. The van der Waals surface area contributed by atoms with Crippen LogP contribution in [0.2, 0.25) is 0 Å². The largest absolute Gasteiger partial charge is 0.398 e. The van der Waals surface area contributed by atoms with E-state index >= 15 is 0 Å². The first kappa shape index (κ1) is 14.4. The minimum absolute atomic E-state index is 0.111. The maximum Gasteiger partial charge on any atom is 0.0760 e. The van der Waals surface area contributed by atoms with Gasteiger partial charge in [-0.3, -0.25) is 4.90 Å². The van der Waals surface area contributed by atoms with Gasteiger partial charge in [0.15, 0.2) is 0 Å². The van der Waals surface area contributed by atoms with Crippen LogP contribution >= 0.6 is 0 Å². The molecule has 0 spiro atoms. The van der Waals surface area contributed by atoms with Crippen molar-refractivity contribution < 1.29 is 4.74 Å². The summed E-state index contributed by atoms with van der Waals surface area (Å²) < 4.78 is 6.11.